The van der Waals surface area contributed by atoms with Crippen LogP contribution in [0, 0.1) is 5.82 Å². The molecule has 2 nitrogen and oxygen atoms in total. The molecule has 2 unspecified atom stereocenters. The number of hydrogen-bond donors (Lipinski definition) is 1. The zero-order chi connectivity index (χ0) is 14.1. The molecule has 2 atom stereocenters. The summed E-state index contributed by atoms with van der Waals surface area (Å²) < 4.78 is 19.1. The van der Waals surface area contributed by atoms with Gasteiger partial charge in [0.15, 0.2) is 0 Å². The largest absolute Gasteiger partial charge is 0.377 e. The van der Waals surface area contributed by atoms with Crippen LogP contribution in [0.1, 0.15) is 39.2 Å². The first-order valence-electron chi connectivity index (χ1n) is 7.30. The van der Waals surface area contributed by atoms with Gasteiger partial charge in [0.1, 0.15) is 5.82 Å². The van der Waals surface area contributed by atoms with Crippen LogP contribution < -0.4 is 5.32 Å². The Hall–Kier alpha value is -0.930. The molecule has 1 aromatic carbocycles. The van der Waals surface area contributed by atoms with Crippen LogP contribution in [0.3, 0.4) is 0 Å². The van der Waals surface area contributed by atoms with E-state index in [0.717, 1.165) is 38.0 Å². The number of nitrogens with one attached hydrogen (secondary N) is 1. The molecule has 0 aliphatic carbocycles. The summed E-state index contributed by atoms with van der Waals surface area (Å²) in [6, 6.07) is 7.08. The maximum atomic E-state index is 13.2. The lowest BCUT2D eigenvalue weighted by Gasteiger charge is -2.27. The third-order valence-corrected chi connectivity index (χ3v) is 3.21. The molecule has 0 aliphatic heterocycles. The first-order chi connectivity index (χ1) is 9.21. The highest BCUT2D eigenvalue weighted by Crippen LogP contribution is 2.14. The van der Waals surface area contributed by atoms with E-state index in [1.165, 1.54) is 6.07 Å². The number of ether oxygens (including phenoxy) is 1. The lowest BCUT2D eigenvalue weighted by molar-refractivity contribution is 0.0285. The number of likely N-dealkylation sites (N-methyl/N-ethyl adjacent to an activating group) is 1. The molecule has 1 rings (SSSR count). The van der Waals surface area contributed by atoms with E-state index in [-0.39, 0.29) is 18.0 Å². The van der Waals surface area contributed by atoms with E-state index in [0.29, 0.717) is 0 Å². The Morgan fingerprint density at radius 1 is 1.26 bits per heavy atom. The normalized spacial score (nSPS) is 14.3. The van der Waals surface area contributed by atoms with Crippen LogP contribution in [0.15, 0.2) is 24.3 Å². The maximum absolute atomic E-state index is 13.2. The summed E-state index contributed by atoms with van der Waals surface area (Å²) in [5.41, 5.74) is 1.02. The van der Waals surface area contributed by atoms with Crippen LogP contribution in [0.2, 0.25) is 0 Å². The summed E-state index contributed by atoms with van der Waals surface area (Å²) in [5, 5.41) is 3.47. The smallest absolute Gasteiger partial charge is 0.123 e. The van der Waals surface area contributed by atoms with E-state index in [2.05, 4.69) is 19.2 Å². The number of rotatable bonds is 9. The van der Waals surface area contributed by atoms with E-state index >= 15 is 0 Å². The lowest BCUT2D eigenvalue weighted by atomic mass is 9.98. The Kier molecular flexibility index (Phi) is 7.68. The van der Waals surface area contributed by atoms with Gasteiger partial charge >= 0.3 is 0 Å². The molecule has 108 valence electrons. The predicted molar refractivity (Wildman–Crippen MR) is 77.9 cm³/mol. The zero-order valence-electron chi connectivity index (χ0n) is 12.3. The van der Waals surface area contributed by atoms with Crippen molar-refractivity contribution in [3.05, 3.63) is 35.6 Å². The average molecular weight is 267 g/mol. The quantitative estimate of drug-likeness (QED) is 0.739. The van der Waals surface area contributed by atoms with Gasteiger partial charge in [-0.05, 0) is 44.0 Å². The molecule has 3 heteroatoms. The summed E-state index contributed by atoms with van der Waals surface area (Å²) in [6.45, 7) is 7.89. The fraction of sp³-hybridized carbons (Fsp3) is 0.625. The van der Waals surface area contributed by atoms with Gasteiger partial charge in [-0.15, -0.1) is 0 Å². The minimum absolute atomic E-state index is 0.170. The molecule has 0 heterocycles. The molecule has 0 spiro atoms. The minimum Gasteiger partial charge on any atom is -0.377 e. The fourth-order valence-corrected chi connectivity index (χ4v) is 2.41. The molecule has 0 saturated carbocycles. The molecule has 1 N–H and O–H groups in total. The van der Waals surface area contributed by atoms with Gasteiger partial charge in [-0.1, -0.05) is 32.4 Å². The van der Waals surface area contributed by atoms with Crippen LogP contribution in [-0.4, -0.2) is 25.3 Å². The Balaban J connectivity index is 2.74. The molecule has 1 aromatic rings. The highest BCUT2D eigenvalue weighted by atomic mass is 19.1. The average Bonchev–Trinajstić information content (AvgIpc) is 2.38. The summed E-state index contributed by atoms with van der Waals surface area (Å²) in [5.74, 6) is -0.170. The van der Waals surface area contributed by atoms with Crippen molar-refractivity contribution in [1.82, 2.24) is 5.32 Å². The topological polar surface area (TPSA) is 21.3 Å². The van der Waals surface area contributed by atoms with E-state index < -0.39 is 0 Å². The predicted octanol–water partition coefficient (Wildman–Crippen LogP) is 3.55. The Bertz CT molecular complexity index is 350. The molecule has 0 amide bonds. The highest BCUT2D eigenvalue weighted by Gasteiger charge is 2.20. The third kappa shape index (κ3) is 5.70. The van der Waals surface area contributed by atoms with E-state index in [4.69, 9.17) is 4.74 Å². The van der Waals surface area contributed by atoms with Crippen molar-refractivity contribution in [1.29, 1.82) is 0 Å². The molecule has 0 aromatic heterocycles. The van der Waals surface area contributed by atoms with Gasteiger partial charge in [0.2, 0.25) is 0 Å². The Morgan fingerprint density at radius 2 is 2.05 bits per heavy atom. The van der Waals surface area contributed by atoms with Gasteiger partial charge in [-0.3, -0.25) is 0 Å². The van der Waals surface area contributed by atoms with E-state index in [9.17, 15) is 4.39 Å². The summed E-state index contributed by atoms with van der Waals surface area (Å²) in [7, 11) is 0. The SMILES string of the molecule is CCCC(OCC)C(Cc1cccc(F)c1)NCC. The van der Waals surface area contributed by atoms with Crippen molar-refractivity contribution >= 4 is 0 Å². The van der Waals surface area contributed by atoms with Crippen LogP contribution in [-0.2, 0) is 11.2 Å². The minimum atomic E-state index is -0.170. The molecule has 0 fully saturated rings. The van der Waals surface area contributed by atoms with Crippen molar-refractivity contribution in [3.63, 3.8) is 0 Å². The first-order valence-corrected chi connectivity index (χ1v) is 7.30. The van der Waals surface area contributed by atoms with E-state index in [1.54, 1.807) is 12.1 Å². The van der Waals surface area contributed by atoms with Crippen molar-refractivity contribution < 1.29 is 9.13 Å². The van der Waals surface area contributed by atoms with Crippen LogP contribution in [0.4, 0.5) is 4.39 Å². The Morgan fingerprint density at radius 3 is 2.63 bits per heavy atom. The number of benzene rings is 1. The van der Waals surface area contributed by atoms with Gasteiger partial charge < -0.3 is 10.1 Å². The molecule has 0 saturated heterocycles. The molecule has 0 radical (unpaired) electrons. The van der Waals surface area contributed by atoms with Crippen molar-refractivity contribution in [3.8, 4) is 0 Å². The second kappa shape index (κ2) is 9.05. The summed E-state index contributed by atoms with van der Waals surface area (Å²) >= 11 is 0. The molecule has 19 heavy (non-hydrogen) atoms. The van der Waals surface area contributed by atoms with Gasteiger partial charge in [-0.2, -0.15) is 0 Å². The monoisotopic (exact) mass is 267 g/mol. The Labute approximate surface area is 116 Å². The van der Waals surface area contributed by atoms with Crippen molar-refractivity contribution in [2.75, 3.05) is 13.2 Å². The fourth-order valence-electron chi connectivity index (χ4n) is 2.41. The maximum Gasteiger partial charge on any atom is 0.123 e. The van der Waals surface area contributed by atoms with Gasteiger partial charge in [0.05, 0.1) is 6.10 Å². The second-order valence-electron chi connectivity index (χ2n) is 4.78. The van der Waals surface area contributed by atoms with Crippen molar-refractivity contribution in [2.45, 2.75) is 52.2 Å². The summed E-state index contributed by atoms with van der Waals surface area (Å²) in [6.07, 6.45) is 3.12. The third-order valence-electron chi connectivity index (χ3n) is 3.21. The van der Waals surface area contributed by atoms with Crippen LogP contribution >= 0.6 is 0 Å². The first kappa shape index (κ1) is 16.1. The van der Waals surface area contributed by atoms with Crippen molar-refractivity contribution in [2.24, 2.45) is 0 Å². The molecular weight excluding hydrogens is 241 g/mol. The van der Waals surface area contributed by atoms with E-state index in [1.807, 2.05) is 13.0 Å². The van der Waals surface area contributed by atoms with Gasteiger partial charge in [-0.25, -0.2) is 4.39 Å². The molecule has 0 aliphatic rings. The number of hydrogen-bond acceptors (Lipinski definition) is 2. The van der Waals surface area contributed by atoms with Crippen LogP contribution in [0.25, 0.3) is 0 Å². The second-order valence-corrected chi connectivity index (χ2v) is 4.78. The standard InChI is InChI=1S/C16H26FNO/c1-4-8-16(19-6-3)15(18-5-2)12-13-9-7-10-14(17)11-13/h7,9-11,15-16,18H,4-6,8,12H2,1-3H3. The van der Waals surface area contributed by atoms with Gasteiger partial charge in [0.25, 0.3) is 0 Å². The van der Waals surface area contributed by atoms with Gasteiger partial charge in [0, 0.05) is 12.6 Å². The molecule has 0 bridgehead atoms. The highest BCUT2D eigenvalue weighted by molar-refractivity contribution is 5.17. The number of halogens is 1. The lowest BCUT2D eigenvalue weighted by Crippen LogP contribution is -2.43. The summed E-state index contributed by atoms with van der Waals surface area (Å²) in [4.78, 5) is 0. The molecular formula is C16H26FNO. The van der Waals surface area contributed by atoms with Crippen LogP contribution in [0.5, 0.6) is 0 Å². The zero-order valence-corrected chi connectivity index (χ0v) is 12.3.